The maximum absolute atomic E-state index is 11.8. The smallest absolute Gasteiger partial charge is 0.340 e. The van der Waals surface area contributed by atoms with E-state index in [2.05, 4.69) is 4.90 Å². The van der Waals surface area contributed by atoms with Crippen LogP contribution in [0.1, 0.15) is 28.8 Å². The van der Waals surface area contributed by atoms with Crippen molar-refractivity contribution in [1.82, 2.24) is 0 Å². The van der Waals surface area contributed by atoms with Gasteiger partial charge in [0.2, 0.25) is 0 Å². The maximum Gasteiger partial charge on any atom is 0.340 e. The van der Waals surface area contributed by atoms with Crippen LogP contribution in [0.15, 0.2) is 12.1 Å². The van der Waals surface area contributed by atoms with Crippen molar-refractivity contribution in [2.24, 2.45) is 5.92 Å². The van der Waals surface area contributed by atoms with Gasteiger partial charge in [-0.15, -0.1) is 0 Å². The summed E-state index contributed by atoms with van der Waals surface area (Å²) in [6.07, 6.45) is 2.20. The quantitative estimate of drug-likeness (QED) is 0.681. The summed E-state index contributed by atoms with van der Waals surface area (Å²) in [6, 6.07) is 3.88. The van der Waals surface area contributed by atoms with Gasteiger partial charge in [-0.05, 0) is 43.4 Å². The Morgan fingerprint density at radius 3 is 2.57 bits per heavy atom. The number of nitrogens with two attached hydrogens (primary N) is 1. The van der Waals surface area contributed by atoms with Crippen LogP contribution in [-0.4, -0.2) is 39.9 Å². The number of esters is 1. The lowest BCUT2D eigenvalue weighted by Crippen LogP contribution is -2.35. The second kappa shape index (κ2) is 6.80. The Balaban J connectivity index is 2.17. The van der Waals surface area contributed by atoms with E-state index in [0.29, 0.717) is 17.2 Å². The molecule has 1 heterocycles. The molecule has 5 nitrogen and oxygen atoms in total. The summed E-state index contributed by atoms with van der Waals surface area (Å²) in [6.45, 7) is 4.68. The number of benzene rings is 1. The lowest BCUT2D eigenvalue weighted by Gasteiger charge is -2.33. The Morgan fingerprint density at radius 2 is 2.00 bits per heavy atom. The van der Waals surface area contributed by atoms with Crippen molar-refractivity contribution in [3.63, 3.8) is 0 Å². The average molecular weight is 292 g/mol. The molecule has 1 saturated heterocycles. The van der Waals surface area contributed by atoms with Gasteiger partial charge in [0, 0.05) is 38.2 Å². The van der Waals surface area contributed by atoms with Crippen LogP contribution in [-0.2, 0) is 9.47 Å². The number of carbonyl (C=O) groups excluding carboxylic acids is 1. The maximum atomic E-state index is 11.8. The summed E-state index contributed by atoms with van der Waals surface area (Å²) in [5.74, 6) is 0.243. The van der Waals surface area contributed by atoms with Gasteiger partial charge in [0.25, 0.3) is 0 Å². The number of hydrogen-bond donors (Lipinski definition) is 1. The molecule has 0 spiro atoms. The van der Waals surface area contributed by atoms with E-state index < -0.39 is 0 Å². The van der Waals surface area contributed by atoms with Gasteiger partial charge in [0.1, 0.15) is 0 Å². The molecule has 2 rings (SSSR count). The summed E-state index contributed by atoms with van der Waals surface area (Å²) in [5, 5.41) is 0. The van der Waals surface area contributed by atoms with Gasteiger partial charge in [0.05, 0.1) is 12.7 Å². The zero-order valence-corrected chi connectivity index (χ0v) is 13.0. The first-order valence-corrected chi connectivity index (χ1v) is 7.29. The van der Waals surface area contributed by atoms with Crippen molar-refractivity contribution >= 4 is 17.3 Å². The van der Waals surface area contributed by atoms with Crippen molar-refractivity contribution in [3.8, 4) is 0 Å². The van der Waals surface area contributed by atoms with Gasteiger partial charge in [-0.3, -0.25) is 0 Å². The van der Waals surface area contributed by atoms with Crippen LogP contribution in [0.3, 0.4) is 0 Å². The standard InChI is InChI=1S/C16H24N2O3/c1-11-8-13(9-14(15(11)17)16(19)21-3)18-6-4-12(5-7-18)10-20-2/h8-9,12H,4-7,10,17H2,1-3H3. The van der Waals surface area contributed by atoms with Crippen molar-refractivity contribution in [2.75, 3.05) is 44.5 Å². The van der Waals surface area contributed by atoms with Gasteiger partial charge in [0.15, 0.2) is 0 Å². The number of aryl methyl sites for hydroxylation is 1. The van der Waals surface area contributed by atoms with E-state index >= 15 is 0 Å². The third-order valence-corrected chi connectivity index (χ3v) is 4.16. The van der Waals surface area contributed by atoms with Crippen molar-refractivity contribution in [1.29, 1.82) is 0 Å². The number of anilines is 2. The van der Waals surface area contributed by atoms with Crippen molar-refractivity contribution in [3.05, 3.63) is 23.3 Å². The fourth-order valence-electron chi connectivity index (χ4n) is 2.83. The first-order chi connectivity index (χ1) is 10.1. The minimum atomic E-state index is -0.383. The van der Waals surface area contributed by atoms with Crippen LogP contribution in [0.25, 0.3) is 0 Å². The van der Waals surface area contributed by atoms with Crippen LogP contribution < -0.4 is 10.6 Å². The third kappa shape index (κ3) is 3.47. The van der Waals surface area contributed by atoms with Gasteiger partial charge in [-0.2, -0.15) is 0 Å². The summed E-state index contributed by atoms with van der Waals surface area (Å²) < 4.78 is 10.0. The van der Waals surface area contributed by atoms with Gasteiger partial charge >= 0.3 is 5.97 Å². The number of piperidine rings is 1. The predicted octanol–water partition coefficient (Wildman–Crippen LogP) is 2.23. The highest BCUT2D eigenvalue weighted by Crippen LogP contribution is 2.29. The number of nitrogens with zero attached hydrogens (tertiary/aromatic N) is 1. The Bertz CT molecular complexity index is 508. The molecule has 0 bridgehead atoms. The number of methoxy groups -OCH3 is 2. The Morgan fingerprint density at radius 1 is 1.33 bits per heavy atom. The van der Waals surface area contributed by atoms with Crippen LogP contribution in [0.5, 0.6) is 0 Å². The molecule has 1 aromatic carbocycles. The molecule has 2 N–H and O–H groups in total. The number of rotatable bonds is 4. The third-order valence-electron chi connectivity index (χ3n) is 4.16. The second-order valence-electron chi connectivity index (χ2n) is 5.60. The molecular formula is C16H24N2O3. The fourth-order valence-corrected chi connectivity index (χ4v) is 2.83. The molecule has 21 heavy (non-hydrogen) atoms. The van der Waals surface area contributed by atoms with Crippen LogP contribution in [0.2, 0.25) is 0 Å². The topological polar surface area (TPSA) is 64.8 Å². The molecule has 0 atom stereocenters. The zero-order valence-electron chi connectivity index (χ0n) is 13.0. The molecule has 116 valence electrons. The van der Waals surface area contributed by atoms with Crippen molar-refractivity contribution < 1.29 is 14.3 Å². The van der Waals surface area contributed by atoms with E-state index in [1.807, 2.05) is 19.1 Å². The molecule has 1 aliphatic rings. The number of ether oxygens (including phenoxy) is 2. The van der Waals surface area contributed by atoms with Gasteiger partial charge in [-0.25, -0.2) is 4.79 Å². The predicted molar refractivity (Wildman–Crippen MR) is 83.7 cm³/mol. The molecular weight excluding hydrogens is 268 g/mol. The molecule has 5 heteroatoms. The highest BCUT2D eigenvalue weighted by atomic mass is 16.5. The largest absolute Gasteiger partial charge is 0.465 e. The highest BCUT2D eigenvalue weighted by Gasteiger charge is 2.21. The fraction of sp³-hybridized carbons (Fsp3) is 0.562. The summed E-state index contributed by atoms with van der Waals surface area (Å²) in [4.78, 5) is 14.1. The molecule has 0 aliphatic carbocycles. The SMILES string of the molecule is COCC1CCN(c2cc(C)c(N)c(C(=O)OC)c2)CC1. The van der Waals surface area contributed by atoms with Crippen LogP contribution in [0.4, 0.5) is 11.4 Å². The lowest BCUT2D eigenvalue weighted by atomic mass is 9.96. The van der Waals surface area contributed by atoms with E-state index in [1.165, 1.54) is 7.11 Å². The normalized spacial score (nSPS) is 16.0. The molecule has 0 amide bonds. The first kappa shape index (κ1) is 15.6. The molecule has 0 aromatic heterocycles. The first-order valence-electron chi connectivity index (χ1n) is 7.29. The molecule has 1 aromatic rings. The number of carbonyl (C=O) groups is 1. The lowest BCUT2D eigenvalue weighted by molar-refractivity contribution is 0.0602. The average Bonchev–Trinajstić information content (AvgIpc) is 2.50. The van der Waals surface area contributed by atoms with E-state index in [4.69, 9.17) is 15.2 Å². The van der Waals surface area contributed by atoms with Crippen molar-refractivity contribution in [2.45, 2.75) is 19.8 Å². The summed E-state index contributed by atoms with van der Waals surface area (Å²) >= 11 is 0. The number of hydrogen-bond acceptors (Lipinski definition) is 5. The Labute approximate surface area is 126 Å². The van der Waals surface area contributed by atoms with E-state index in [-0.39, 0.29) is 5.97 Å². The monoisotopic (exact) mass is 292 g/mol. The number of nitrogen functional groups attached to an aromatic ring is 1. The Hall–Kier alpha value is -1.75. The molecule has 0 radical (unpaired) electrons. The molecule has 1 aliphatic heterocycles. The highest BCUT2D eigenvalue weighted by molar-refractivity contribution is 5.97. The molecule has 0 saturated carbocycles. The summed E-state index contributed by atoms with van der Waals surface area (Å²) in [7, 11) is 3.12. The van der Waals surface area contributed by atoms with E-state index in [9.17, 15) is 4.79 Å². The van der Waals surface area contributed by atoms with Crippen LogP contribution >= 0.6 is 0 Å². The van der Waals surface area contributed by atoms with Crippen LogP contribution in [0, 0.1) is 12.8 Å². The van der Waals surface area contributed by atoms with Gasteiger partial charge < -0.3 is 20.1 Å². The second-order valence-corrected chi connectivity index (χ2v) is 5.60. The van der Waals surface area contributed by atoms with Gasteiger partial charge in [-0.1, -0.05) is 0 Å². The Kier molecular flexibility index (Phi) is 5.07. The molecule has 1 fully saturated rings. The van der Waals surface area contributed by atoms with E-state index in [1.54, 1.807) is 7.11 Å². The zero-order chi connectivity index (χ0) is 15.4. The molecule has 0 unspecified atom stereocenters. The minimum absolute atomic E-state index is 0.383. The van der Waals surface area contributed by atoms with E-state index in [0.717, 1.165) is 43.8 Å². The summed E-state index contributed by atoms with van der Waals surface area (Å²) in [5.41, 5.74) is 8.88. The minimum Gasteiger partial charge on any atom is -0.465 e.